The lowest BCUT2D eigenvalue weighted by molar-refractivity contribution is -0.889. The number of rotatable bonds is 44. The molecule has 60 heavy (non-hydrogen) atoms. The smallest absolute Gasteiger partial charge is 0.306 e. The number of likely N-dealkylation sites (N-methyl/N-ethyl adjacent to an activating group) is 1. The fraction of sp³-hybridized carbons (Fsp3) is 0.788. The summed E-state index contributed by atoms with van der Waals surface area (Å²) in [5.74, 6) is -1.74. The van der Waals surface area contributed by atoms with Gasteiger partial charge in [-0.3, -0.25) is 9.59 Å². The van der Waals surface area contributed by atoms with Crippen LogP contribution in [0.4, 0.5) is 0 Å². The summed E-state index contributed by atoms with van der Waals surface area (Å²) in [6, 6.07) is -0.728. The SMILES string of the molecule is CC/C=C/C/C=C/C/C=C/C/C=C/CCCCCCCCC(=O)OCC(COCCC(C(=O)[O-])[N+](C)(C)C)OC(=O)CCCCCCCCCCCCCCCCCCC. The number of carboxylic acid groups (broad SMARTS) is 1. The highest BCUT2D eigenvalue weighted by molar-refractivity contribution is 5.70. The first-order chi connectivity index (χ1) is 29.1. The molecular weight excluding hydrogens is 751 g/mol. The molecule has 0 amide bonds. The van der Waals surface area contributed by atoms with E-state index in [1.165, 1.54) is 103 Å². The summed E-state index contributed by atoms with van der Waals surface area (Å²) in [4.78, 5) is 37.0. The quantitative estimate of drug-likeness (QED) is 0.0260. The zero-order chi connectivity index (χ0) is 44.2. The average Bonchev–Trinajstić information content (AvgIpc) is 3.21. The van der Waals surface area contributed by atoms with Gasteiger partial charge in [0.2, 0.25) is 0 Å². The summed E-state index contributed by atoms with van der Waals surface area (Å²) in [5.41, 5.74) is 0. The number of quaternary nitrogens is 1. The molecule has 2 atom stereocenters. The van der Waals surface area contributed by atoms with Crippen molar-refractivity contribution in [1.82, 2.24) is 0 Å². The number of unbranched alkanes of at least 4 members (excludes halogenated alkanes) is 22. The molecule has 0 rings (SSSR count). The van der Waals surface area contributed by atoms with Crippen molar-refractivity contribution >= 4 is 17.9 Å². The number of hydrogen-bond acceptors (Lipinski definition) is 7. The minimum absolute atomic E-state index is 0.0376. The van der Waals surface area contributed by atoms with Crippen molar-refractivity contribution in [2.24, 2.45) is 0 Å². The first kappa shape index (κ1) is 57.3. The monoisotopic (exact) mass is 844 g/mol. The van der Waals surface area contributed by atoms with Crippen LogP contribution in [0.5, 0.6) is 0 Å². The molecule has 0 saturated heterocycles. The van der Waals surface area contributed by atoms with Crippen LogP contribution in [-0.4, -0.2) is 75.5 Å². The Balaban J connectivity index is 4.29. The lowest BCUT2D eigenvalue weighted by Gasteiger charge is -2.34. The molecule has 0 spiro atoms. The Kier molecular flexibility index (Phi) is 41.0. The van der Waals surface area contributed by atoms with Gasteiger partial charge in [-0.15, -0.1) is 0 Å². The lowest BCUT2D eigenvalue weighted by atomic mass is 10.0. The van der Waals surface area contributed by atoms with E-state index in [2.05, 4.69) is 62.5 Å². The Labute approximate surface area is 369 Å². The second-order valence-electron chi connectivity index (χ2n) is 17.7. The summed E-state index contributed by atoms with van der Waals surface area (Å²) >= 11 is 0. The first-order valence-corrected chi connectivity index (χ1v) is 24.7. The Morgan fingerprint density at radius 2 is 0.933 bits per heavy atom. The molecule has 0 aliphatic rings. The van der Waals surface area contributed by atoms with Crippen molar-refractivity contribution in [1.29, 1.82) is 0 Å². The minimum atomic E-state index is -1.13. The number of allylic oxidation sites excluding steroid dienone is 8. The Hall–Kier alpha value is -2.71. The summed E-state index contributed by atoms with van der Waals surface area (Å²) in [6.45, 7) is 4.56. The maximum absolute atomic E-state index is 12.8. The number of aliphatic carboxylic acids is 1. The van der Waals surface area contributed by atoms with Gasteiger partial charge in [0, 0.05) is 19.3 Å². The Bertz CT molecular complexity index is 1120. The third kappa shape index (κ3) is 40.7. The van der Waals surface area contributed by atoms with Crippen molar-refractivity contribution in [3.63, 3.8) is 0 Å². The molecule has 0 aromatic heterocycles. The fourth-order valence-corrected chi connectivity index (χ4v) is 7.18. The third-order valence-corrected chi connectivity index (χ3v) is 11.0. The van der Waals surface area contributed by atoms with E-state index in [1.807, 2.05) is 0 Å². The summed E-state index contributed by atoms with van der Waals surface area (Å²) in [7, 11) is 5.41. The van der Waals surface area contributed by atoms with Crippen LogP contribution in [0, 0.1) is 0 Å². The van der Waals surface area contributed by atoms with Crippen LogP contribution in [0.15, 0.2) is 48.6 Å². The van der Waals surface area contributed by atoms with Gasteiger partial charge in [0.15, 0.2) is 6.10 Å². The van der Waals surface area contributed by atoms with Gasteiger partial charge in [-0.25, -0.2) is 0 Å². The van der Waals surface area contributed by atoms with E-state index in [0.717, 1.165) is 77.0 Å². The number of esters is 2. The van der Waals surface area contributed by atoms with Gasteiger partial charge < -0.3 is 28.6 Å². The van der Waals surface area contributed by atoms with Crippen LogP contribution in [0.3, 0.4) is 0 Å². The molecule has 348 valence electrons. The van der Waals surface area contributed by atoms with Gasteiger partial charge in [-0.2, -0.15) is 0 Å². The Morgan fingerprint density at radius 1 is 0.517 bits per heavy atom. The molecule has 8 nitrogen and oxygen atoms in total. The molecule has 0 aliphatic carbocycles. The summed E-state index contributed by atoms with van der Waals surface area (Å²) in [6.07, 6.45) is 51.3. The zero-order valence-electron chi connectivity index (χ0n) is 39.6. The van der Waals surface area contributed by atoms with Gasteiger partial charge in [-0.1, -0.05) is 191 Å². The molecule has 8 heteroatoms. The van der Waals surface area contributed by atoms with E-state index in [9.17, 15) is 19.5 Å². The second kappa shape index (κ2) is 43.0. The highest BCUT2D eigenvalue weighted by Crippen LogP contribution is 2.16. The molecule has 0 aromatic rings. The number of nitrogens with zero attached hydrogens (tertiary/aromatic N) is 1. The van der Waals surface area contributed by atoms with Crippen molar-refractivity contribution < 1.29 is 38.2 Å². The van der Waals surface area contributed by atoms with Crippen molar-refractivity contribution in [3.05, 3.63) is 48.6 Å². The van der Waals surface area contributed by atoms with E-state index >= 15 is 0 Å². The van der Waals surface area contributed by atoms with E-state index in [-0.39, 0.29) is 42.7 Å². The molecule has 0 radical (unpaired) electrons. The standard InChI is InChI=1S/C52H93NO7/c1-6-8-10-12-14-16-18-20-22-24-25-27-28-30-32-34-36-38-40-42-50(54)59-47-48(46-58-45-44-49(52(56)57)53(3,4)5)60-51(55)43-41-39-37-35-33-31-29-26-23-21-19-17-15-13-11-9-7-2/h8,10,14,16,20,22,25,27,48-49H,6-7,9,11-13,15,17-19,21,23-24,26,28-47H2,1-5H3/b10-8+,16-14+,22-20+,27-25+. The van der Waals surface area contributed by atoms with Gasteiger partial charge in [-0.05, 0) is 51.4 Å². The summed E-state index contributed by atoms with van der Waals surface area (Å²) < 4.78 is 17.2. The van der Waals surface area contributed by atoms with Gasteiger partial charge in [0.05, 0.1) is 40.3 Å². The second-order valence-corrected chi connectivity index (χ2v) is 17.7. The fourth-order valence-electron chi connectivity index (χ4n) is 7.18. The Morgan fingerprint density at radius 3 is 1.38 bits per heavy atom. The van der Waals surface area contributed by atoms with Crippen LogP contribution in [0.2, 0.25) is 0 Å². The molecule has 0 saturated carbocycles. The number of carboxylic acids is 1. The van der Waals surface area contributed by atoms with Gasteiger partial charge in [0.25, 0.3) is 0 Å². The lowest BCUT2D eigenvalue weighted by Crippen LogP contribution is -2.55. The van der Waals surface area contributed by atoms with E-state index < -0.39 is 18.1 Å². The molecule has 0 aromatic carbocycles. The summed E-state index contributed by atoms with van der Waals surface area (Å²) in [5, 5.41) is 11.6. The van der Waals surface area contributed by atoms with Crippen molar-refractivity contribution in [2.45, 2.75) is 225 Å². The molecule has 0 fully saturated rings. The number of carbonyl (C=O) groups excluding carboxylic acids is 3. The predicted molar refractivity (Wildman–Crippen MR) is 250 cm³/mol. The predicted octanol–water partition coefficient (Wildman–Crippen LogP) is 12.6. The average molecular weight is 844 g/mol. The number of hydrogen-bond donors (Lipinski definition) is 0. The number of ether oxygens (including phenoxy) is 3. The van der Waals surface area contributed by atoms with Crippen molar-refractivity contribution in [2.75, 3.05) is 41.0 Å². The van der Waals surface area contributed by atoms with Crippen LogP contribution >= 0.6 is 0 Å². The number of carbonyl (C=O) groups is 3. The molecule has 0 aliphatic heterocycles. The van der Waals surface area contributed by atoms with Crippen LogP contribution < -0.4 is 5.11 Å². The van der Waals surface area contributed by atoms with Crippen molar-refractivity contribution in [3.8, 4) is 0 Å². The highest BCUT2D eigenvalue weighted by atomic mass is 16.6. The van der Waals surface area contributed by atoms with E-state index in [4.69, 9.17) is 14.2 Å². The van der Waals surface area contributed by atoms with Gasteiger partial charge in [0.1, 0.15) is 12.6 Å². The van der Waals surface area contributed by atoms with Crippen LogP contribution in [0.25, 0.3) is 0 Å². The molecule has 2 unspecified atom stereocenters. The highest BCUT2D eigenvalue weighted by Gasteiger charge is 2.25. The molecule has 0 heterocycles. The molecule has 0 bridgehead atoms. The largest absolute Gasteiger partial charge is 0.544 e. The minimum Gasteiger partial charge on any atom is -0.544 e. The van der Waals surface area contributed by atoms with E-state index in [1.54, 1.807) is 21.1 Å². The van der Waals surface area contributed by atoms with Gasteiger partial charge >= 0.3 is 11.9 Å². The topological polar surface area (TPSA) is 102 Å². The molecular formula is C52H93NO7. The first-order valence-electron chi connectivity index (χ1n) is 24.7. The van der Waals surface area contributed by atoms with E-state index in [0.29, 0.717) is 12.8 Å². The third-order valence-electron chi connectivity index (χ3n) is 11.0. The van der Waals surface area contributed by atoms with Crippen LogP contribution in [0.1, 0.15) is 213 Å². The maximum Gasteiger partial charge on any atom is 0.306 e. The van der Waals surface area contributed by atoms with Crippen LogP contribution in [-0.2, 0) is 28.6 Å². The normalized spacial score (nSPS) is 13.3. The zero-order valence-corrected chi connectivity index (χ0v) is 39.6. The maximum atomic E-state index is 12.8. The molecule has 0 N–H and O–H groups in total.